The highest BCUT2D eigenvalue weighted by Gasteiger charge is 2.29. The standard InChI is InChI=1S/C17H17N5O/c18-9-4-10-22-12-15(11-19-20-17(23)14-7-8-14)16(21-22)13-5-2-1-3-6-13/h1-3,5-6,11-12,14H,4,7-8,10H2,(H,20,23)/b19-11-. The highest BCUT2D eigenvalue weighted by Crippen LogP contribution is 2.28. The Kier molecular flexibility index (Phi) is 4.48. The first-order chi connectivity index (χ1) is 11.3. The lowest BCUT2D eigenvalue weighted by Gasteiger charge is -1.98. The first kappa shape index (κ1) is 15.0. The molecule has 0 aliphatic heterocycles. The van der Waals surface area contributed by atoms with Crippen LogP contribution in [0.3, 0.4) is 0 Å². The van der Waals surface area contributed by atoms with Crippen molar-refractivity contribution in [2.75, 3.05) is 0 Å². The molecular formula is C17H17N5O. The maximum absolute atomic E-state index is 11.6. The number of hydrazone groups is 1. The molecule has 2 aromatic rings. The molecule has 116 valence electrons. The minimum atomic E-state index is -0.0283. The van der Waals surface area contributed by atoms with Gasteiger partial charge in [-0.15, -0.1) is 0 Å². The van der Waals surface area contributed by atoms with E-state index in [1.807, 2.05) is 36.5 Å². The van der Waals surface area contributed by atoms with E-state index in [1.165, 1.54) is 0 Å². The number of carbonyl (C=O) groups is 1. The fourth-order valence-electron chi connectivity index (χ4n) is 2.23. The van der Waals surface area contributed by atoms with E-state index in [9.17, 15) is 4.79 Å². The molecule has 1 aliphatic carbocycles. The Morgan fingerprint density at radius 1 is 1.43 bits per heavy atom. The van der Waals surface area contributed by atoms with Gasteiger partial charge in [0.25, 0.3) is 0 Å². The second-order valence-electron chi connectivity index (χ2n) is 5.48. The van der Waals surface area contributed by atoms with Crippen molar-refractivity contribution in [3.05, 3.63) is 42.1 Å². The van der Waals surface area contributed by atoms with Crippen LogP contribution in [0.5, 0.6) is 0 Å². The van der Waals surface area contributed by atoms with Crippen LogP contribution in [-0.4, -0.2) is 21.9 Å². The summed E-state index contributed by atoms with van der Waals surface area (Å²) in [4.78, 5) is 11.6. The molecule has 0 atom stereocenters. The van der Waals surface area contributed by atoms with Crippen molar-refractivity contribution in [3.63, 3.8) is 0 Å². The van der Waals surface area contributed by atoms with E-state index in [1.54, 1.807) is 10.9 Å². The fraction of sp³-hybridized carbons (Fsp3) is 0.294. The van der Waals surface area contributed by atoms with Gasteiger partial charge in [-0.2, -0.15) is 15.5 Å². The molecule has 3 rings (SSSR count). The molecule has 6 nitrogen and oxygen atoms in total. The second-order valence-corrected chi connectivity index (χ2v) is 5.48. The molecule has 1 fully saturated rings. The second kappa shape index (κ2) is 6.88. The van der Waals surface area contributed by atoms with E-state index < -0.39 is 0 Å². The number of hydrogen-bond donors (Lipinski definition) is 1. The van der Waals surface area contributed by atoms with Crippen LogP contribution in [0.25, 0.3) is 11.3 Å². The summed E-state index contributed by atoms with van der Waals surface area (Å²) in [7, 11) is 0. The van der Waals surface area contributed by atoms with Gasteiger partial charge >= 0.3 is 0 Å². The topological polar surface area (TPSA) is 83.1 Å². The largest absolute Gasteiger partial charge is 0.273 e. The molecule has 6 heteroatoms. The summed E-state index contributed by atoms with van der Waals surface area (Å²) in [6, 6.07) is 11.9. The Bertz CT molecular complexity index is 753. The number of aryl methyl sites for hydroxylation is 1. The van der Waals surface area contributed by atoms with Crippen molar-refractivity contribution < 1.29 is 4.79 Å². The number of nitrogens with one attached hydrogen (secondary N) is 1. The SMILES string of the molecule is N#CCCn1cc(/C=N\NC(=O)C2CC2)c(-c2ccccc2)n1. The summed E-state index contributed by atoms with van der Waals surface area (Å²) in [6.07, 6.45) is 5.74. The van der Waals surface area contributed by atoms with E-state index in [2.05, 4.69) is 21.7 Å². The zero-order valence-electron chi connectivity index (χ0n) is 12.6. The first-order valence-corrected chi connectivity index (χ1v) is 7.60. The molecule has 1 aromatic carbocycles. The quantitative estimate of drug-likeness (QED) is 0.656. The molecule has 1 N–H and O–H groups in total. The third-order valence-corrected chi connectivity index (χ3v) is 3.62. The lowest BCUT2D eigenvalue weighted by molar-refractivity contribution is -0.122. The van der Waals surface area contributed by atoms with Gasteiger partial charge in [0.2, 0.25) is 5.91 Å². The van der Waals surface area contributed by atoms with Gasteiger partial charge in [0.1, 0.15) is 5.69 Å². The van der Waals surface area contributed by atoms with Gasteiger partial charge in [-0.1, -0.05) is 30.3 Å². The van der Waals surface area contributed by atoms with Gasteiger partial charge < -0.3 is 0 Å². The summed E-state index contributed by atoms with van der Waals surface area (Å²) < 4.78 is 1.73. The number of benzene rings is 1. The molecule has 23 heavy (non-hydrogen) atoms. The molecule has 0 radical (unpaired) electrons. The molecule has 0 unspecified atom stereocenters. The predicted molar refractivity (Wildman–Crippen MR) is 86.4 cm³/mol. The number of nitrogens with zero attached hydrogens (tertiary/aromatic N) is 4. The molecule has 1 amide bonds. The normalized spacial score (nSPS) is 13.9. The summed E-state index contributed by atoms with van der Waals surface area (Å²) in [5.41, 5.74) is 5.13. The van der Waals surface area contributed by atoms with Crippen molar-refractivity contribution in [3.8, 4) is 17.3 Å². The highest BCUT2D eigenvalue weighted by molar-refractivity contribution is 5.89. The zero-order valence-corrected chi connectivity index (χ0v) is 12.6. The van der Waals surface area contributed by atoms with Crippen molar-refractivity contribution in [1.82, 2.24) is 15.2 Å². The van der Waals surface area contributed by atoms with E-state index in [4.69, 9.17) is 5.26 Å². The third kappa shape index (κ3) is 3.83. The smallest absolute Gasteiger partial charge is 0.243 e. The van der Waals surface area contributed by atoms with Gasteiger partial charge in [0.15, 0.2) is 0 Å². The average Bonchev–Trinajstić information content (AvgIpc) is 3.35. The van der Waals surface area contributed by atoms with Crippen LogP contribution in [-0.2, 0) is 11.3 Å². The number of hydrogen-bond acceptors (Lipinski definition) is 4. The van der Waals surface area contributed by atoms with Crippen LogP contribution in [0.15, 0.2) is 41.6 Å². The molecule has 1 aliphatic rings. The number of nitriles is 1. The van der Waals surface area contributed by atoms with Crippen molar-refractivity contribution in [2.24, 2.45) is 11.0 Å². The first-order valence-electron chi connectivity index (χ1n) is 7.60. The number of carbonyl (C=O) groups excluding carboxylic acids is 1. The molecule has 1 heterocycles. The lowest BCUT2D eigenvalue weighted by Crippen LogP contribution is -2.18. The summed E-state index contributed by atoms with van der Waals surface area (Å²) in [5, 5.41) is 17.3. The van der Waals surface area contributed by atoms with Gasteiger partial charge in [0.05, 0.1) is 25.2 Å². The highest BCUT2D eigenvalue weighted by atomic mass is 16.2. The average molecular weight is 307 g/mol. The minimum absolute atomic E-state index is 0.0283. The minimum Gasteiger partial charge on any atom is -0.273 e. The van der Waals surface area contributed by atoms with Crippen LogP contribution in [0.1, 0.15) is 24.8 Å². The molecule has 1 saturated carbocycles. The number of aromatic nitrogens is 2. The van der Waals surface area contributed by atoms with Crippen LogP contribution in [0.2, 0.25) is 0 Å². The van der Waals surface area contributed by atoms with E-state index in [0.717, 1.165) is 29.7 Å². The fourth-order valence-corrected chi connectivity index (χ4v) is 2.23. The maximum atomic E-state index is 11.6. The molecular weight excluding hydrogens is 290 g/mol. The van der Waals surface area contributed by atoms with E-state index in [-0.39, 0.29) is 11.8 Å². The summed E-state index contributed by atoms with van der Waals surface area (Å²) in [6.45, 7) is 0.526. The Hall–Kier alpha value is -2.94. The predicted octanol–water partition coefficient (Wildman–Crippen LogP) is 2.32. The van der Waals surface area contributed by atoms with Crippen LogP contribution >= 0.6 is 0 Å². The van der Waals surface area contributed by atoms with Gasteiger partial charge in [0, 0.05) is 23.2 Å². The Balaban J connectivity index is 1.81. The van der Waals surface area contributed by atoms with Crippen molar-refractivity contribution >= 4 is 12.1 Å². The number of amides is 1. The molecule has 0 bridgehead atoms. The molecule has 0 saturated heterocycles. The van der Waals surface area contributed by atoms with Crippen LogP contribution < -0.4 is 5.43 Å². The third-order valence-electron chi connectivity index (χ3n) is 3.62. The van der Waals surface area contributed by atoms with E-state index >= 15 is 0 Å². The summed E-state index contributed by atoms with van der Waals surface area (Å²) in [5.74, 6) is 0.0958. The van der Waals surface area contributed by atoms with Gasteiger partial charge in [-0.3, -0.25) is 9.48 Å². The maximum Gasteiger partial charge on any atom is 0.243 e. The molecule has 1 aromatic heterocycles. The Labute approximate surface area is 134 Å². The number of rotatable bonds is 6. The van der Waals surface area contributed by atoms with E-state index in [0.29, 0.717) is 13.0 Å². The Morgan fingerprint density at radius 2 is 2.22 bits per heavy atom. The van der Waals surface area contributed by atoms with Crippen molar-refractivity contribution in [1.29, 1.82) is 5.26 Å². The van der Waals surface area contributed by atoms with Gasteiger partial charge in [-0.05, 0) is 12.8 Å². The molecule has 0 spiro atoms. The Morgan fingerprint density at radius 3 is 2.91 bits per heavy atom. The lowest BCUT2D eigenvalue weighted by atomic mass is 10.1. The monoisotopic (exact) mass is 307 g/mol. The summed E-state index contributed by atoms with van der Waals surface area (Å²) >= 11 is 0. The zero-order chi connectivity index (χ0) is 16.1. The van der Waals surface area contributed by atoms with Crippen LogP contribution in [0, 0.1) is 17.2 Å². The van der Waals surface area contributed by atoms with Gasteiger partial charge in [-0.25, -0.2) is 5.43 Å². The van der Waals surface area contributed by atoms with Crippen LogP contribution in [0.4, 0.5) is 0 Å². The van der Waals surface area contributed by atoms with Crippen molar-refractivity contribution in [2.45, 2.75) is 25.8 Å².